The number of pyridine rings is 1. The minimum atomic E-state index is -0.187. The van der Waals surface area contributed by atoms with E-state index in [1.165, 1.54) is 33.3 Å². The van der Waals surface area contributed by atoms with Crippen LogP contribution in [0, 0.1) is 6.92 Å². The topological polar surface area (TPSA) is 112 Å². The van der Waals surface area contributed by atoms with Crippen LogP contribution in [-0.2, 0) is 4.79 Å². The van der Waals surface area contributed by atoms with Gasteiger partial charge in [-0.05, 0) is 19.1 Å². The number of aromatic nitrogens is 5. The maximum absolute atomic E-state index is 12.3. The third-order valence-electron chi connectivity index (χ3n) is 4.03. The highest BCUT2D eigenvalue weighted by Crippen LogP contribution is 2.26. The van der Waals surface area contributed by atoms with Crippen LogP contribution < -0.4 is 11.2 Å². The molecule has 0 spiro atoms. The van der Waals surface area contributed by atoms with E-state index in [2.05, 4.69) is 25.5 Å². The first-order chi connectivity index (χ1) is 14.1. The largest absolute Gasteiger partial charge is 0.335 e. The van der Waals surface area contributed by atoms with Gasteiger partial charge >= 0.3 is 0 Å². The first kappa shape index (κ1) is 19.1. The third-order valence-corrected chi connectivity index (χ3v) is 5.73. The summed E-state index contributed by atoms with van der Waals surface area (Å²) in [4.78, 5) is 20.7. The Labute approximate surface area is 175 Å². The zero-order valence-corrected chi connectivity index (χ0v) is 17.1. The normalized spacial score (nSPS) is 10.8. The molecule has 3 aromatic heterocycles. The van der Waals surface area contributed by atoms with Gasteiger partial charge in [-0.25, -0.2) is 9.66 Å². The summed E-state index contributed by atoms with van der Waals surface area (Å²) < 4.78 is 1.37. The lowest BCUT2D eigenvalue weighted by molar-refractivity contribution is -0.113. The van der Waals surface area contributed by atoms with Crippen LogP contribution >= 0.6 is 23.1 Å². The van der Waals surface area contributed by atoms with E-state index in [0.717, 1.165) is 16.8 Å². The van der Waals surface area contributed by atoms with Gasteiger partial charge in [-0.1, -0.05) is 41.6 Å². The number of carbonyl (C=O) groups is 1. The number of thiazole rings is 1. The summed E-state index contributed by atoms with van der Waals surface area (Å²) in [5, 5.41) is 13.9. The molecule has 0 aliphatic carbocycles. The molecule has 146 valence electrons. The van der Waals surface area contributed by atoms with Crippen molar-refractivity contribution in [2.45, 2.75) is 12.1 Å². The molecule has 0 bridgehead atoms. The second-order valence-electron chi connectivity index (χ2n) is 6.15. The van der Waals surface area contributed by atoms with E-state index in [0.29, 0.717) is 16.1 Å². The fourth-order valence-corrected chi connectivity index (χ4v) is 3.94. The summed E-state index contributed by atoms with van der Waals surface area (Å²) in [6.07, 6.45) is 3.31. The monoisotopic (exact) mass is 423 g/mol. The fraction of sp³-hybridized carbons (Fsp3) is 0.105. The molecule has 1 aromatic carbocycles. The molecule has 4 aromatic rings. The first-order valence-electron chi connectivity index (χ1n) is 8.66. The highest BCUT2D eigenvalue weighted by atomic mass is 32.2. The Morgan fingerprint density at radius 1 is 1.14 bits per heavy atom. The number of nitrogens with two attached hydrogens (primary N) is 1. The van der Waals surface area contributed by atoms with Crippen LogP contribution in [0.25, 0.3) is 22.6 Å². The van der Waals surface area contributed by atoms with Gasteiger partial charge in [-0.3, -0.25) is 9.78 Å². The minimum Gasteiger partial charge on any atom is -0.335 e. The number of thioether (sulfide) groups is 1. The molecule has 29 heavy (non-hydrogen) atoms. The predicted octanol–water partition coefficient (Wildman–Crippen LogP) is 3.22. The summed E-state index contributed by atoms with van der Waals surface area (Å²) in [5.74, 6) is 6.53. The van der Waals surface area contributed by atoms with Gasteiger partial charge in [-0.15, -0.1) is 21.5 Å². The number of nitrogen functional groups attached to an aromatic ring is 1. The maximum Gasteiger partial charge on any atom is 0.236 e. The van der Waals surface area contributed by atoms with Gasteiger partial charge < -0.3 is 11.2 Å². The van der Waals surface area contributed by atoms with Crippen molar-refractivity contribution in [2.24, 2.45) is 0 Å². The molecule has 3 N–H and O–H groups in total. The van der Waals surface area contributed by atoms with E-state index >= 15 is 0 Å². The number of amides is 1. The molecule has 0 radical (unpaired) electrons. The molecule has 0 saturated heterocycles. The molecule has 1 amide bonds. The van der Waals surface area contributed by atoms with Crippen LogP contribution in [0.3, 0.4) is 0 Å². The smallest absolute Gasteiger partial charge is 0.236 e. The van der Waals surface area contributed by atoms with E-state index in [4.69, 9.17) is 5.84 Å². The van der Waals surface area contributed by atoms with Crippen molar-refractivity contribution in [1.82, 2.24) is 24.8 Å². The van der Waals surface area contributed by atoms with Crippen LogP contribution in [0.15, 0.2) is 59.3 Å². The highest BCUT2D eigenvalue weighted by molar-refractivity contribution is 7.99. The molecular weight excluding hydrogens is 406 g/mol. The number of anilines is 1. The molecule has 0 aliphatic heterocycles. The number of nitrogens with zero attached hydrogens (tertiary/aromatic N) is 5. The van der Waals surface area contributed by atoms with Gasteiger partial charge in [0.2, 0.25) is 11.1 Å². The summed E-state index contributed by atoms with van der Waals surface area (Å²) >= 11 is 2.60. The highest BCUT2D eigenvalue weighted by Gasteiger charge is 2.14. The Morgan fingerprint density at radius 3 is 2.66 bits per heavy atom. The molecule has 10 heteroatoms. The van der Waals surface area contributed by atoms with E-state index in [-0.39, 0.29) is 11.7 Å². The molecule has 0 unspecified atom stereocenters. The predicted molar refractivity (Wildman–Crippen MR) is 115 cm³/mol. The van der Waals surface area contributed by atoms with Crippen molar-refractivity contribution in [3.63, 3.8) is 0 Å². The van der Waals surface area contributed by atoms with Crippen LogP contribution in [-0.4, -0.2) is 36.5 Å². The number of hydrogen-bond acceptors (Lipinski definition) is 8. The summed E-state index contributed by atoms with van der Waals surface area (Å²) in [6, 6.07) is 11.7. The van der Waals surface area contributed by atoms with Gasteiger partial charge in [0.1, 0.15) is 0 Å². The fourth-order valence-electron chi connectivity index (χ4n) is 2.55. The number of benzene rings is 1. The molecule has 0 atom stereocenters. The molecule has 0 aliphatic rings. The minimum absolute atomic E-state index is 0.144. The van der Waals surface area contributed by atoms with Crippen molar-refractivity contribution >= 4 is 34.1 Å². The second-order valence-corrected chi connectivity index (χ2v) is 7.95. The Hall–Kier alpha value is -3.24. The molecule has 0 fully saturated rings. The zero-order chi connectivity index (χ0) is 20.2. The molecule has 0 saturated carbocycles. The Kier molecular flexibility index (Phi) is 5.54. The van der Waals surface area contributed by atoms with E-state index in [1.54, 1.807) is 24.5 Å². The number of carbonyl (C=O) groups excluding carboxylic acids is 1. The van der Waals surface area contributed by atoms with Crippen LogP contribution in [0.1, 0.15) is 5.56 Å². The molecule has 8 nitrogen and oxygen atoms in total. The van der Waals surface area contributed by atoms with Crippen molar-refractivity contribution < 1.29 is 4.79 Å². The number of aryl methyl sites for hydroxylation is 1. The lowest BCUT2D eigenvalue weighted by atomic mass is 10.1. The molecular formula is C19H17N7OS2. The van der Waals surface area contributed by atoms with Crippen molar-refractivity contribution in [3.8, 4) is 22.6 Å². The number of nitrogens with one attached hydrogen (secondary N) is 1. The van der Waals surface area contributed by atoms with Crippen molar-refractivity contribution in [3.05, 3.63) is 59.7 Å². The zero-order valence-electron chi connectivity index (χ0n) is 15.4. The standard InChI is InChI=1S/C19H17N7OS2/c1-12-2-4-13(5-3-12)15-10-28-18(22-15)23-16(27)11-29-19-25-24-17(26(19)20)14-6-8-21-9-7-14/h2-10H,11,20H2,1H3,(H,22,23,27). The van der Waals surface area contributed by atoms with E-state index in [1.807, 2.05) is 36.6 Å². The summed E-state index contributed by atoms with van der Waals surface area (Å²) in [7, 11) is 0. The van der Waals surface area contributed by atoms with Gasteiger partial charge in [0, 0.05) is 28.9 Å². The Morgan fingerprint density at radius 2 is 1.90 bits per heavy atom. The Balaban J connectivity index is 1.36. The first-order valence-corrected chi connectivity index (χ1v) is 10.5. The lowest BCUT2D eigenvalue weighted by Gasteiger charge is -2.03. The van der Waals surface area contributed by atoms with Crippen LogP contribution in [0.2, 0.25) is 0 Å². The van der Waals surface area contributed by atoms with Crippen LogP contribution in [0.4, 0.5) is 5.13 Å². The quantitative estimate of drug-likeness (QED) is 0.362. The summed E-state index contributed by atoms with van der Waals surface area (Å²) in [5.41, 5.74) is 3.84. The number of rotatable bonds is 6. The average Bonchev–Trinajstić information content (AvgIpc) is 3.34. The van der Waals surface area contributed by atoms with Crippen molar-refractivity contribution in [2.75, 3.05) is 16.9 Å². The third kappa shape index (κ3) is 4.44. The Bertz CT molecular complexity index is 1120. The van der Waals surface area contributed by atoms with Gasteiger partial charge in [0.05, 0.1) is 11.4 Å². The van der Waals surface area contributed by atoms with E-state index < -0.39 is 0 Å². The van der Waals surface area contributed by atoms with Crippen LogP contribution in [0.5, 0.6) is 0 Å². The van der Waals surface area contributed by atoms with Gasteiger partial charge in [-0.2, -0.15) is 0 Å². The second kappa shape index (κ2) is 8.41. The van der Waals surface area contributed by atoms with Crippen molar-refractivity contribution in [1.29, 1.82) is 0 Å². The lowest BCUT2D eigenvalue weighted by Crippen LogP contribution is -2.16. The van der Waals surface area contributed by atoms with E-state index in [9.17, 15) is 4.79 Å². The van der Waals surface area contributed by atoms with Gasteiger partial charge in [0.15, 0.2) is 11.0 Å². The number of hydrogen-bond donors (Lipinski definition) is 2. The maximum atomic E-state index is 12.3. The SMILES string of the molecule is Cc1ccc(-c2csc(NC(=O)CSc3nnc(-c4ccncc4)n3N)n2)cc1. The molecule has 3 heterocycles. The van der Waals surface area contributed by atoms with Gasteiger partial charge in [0.25, 0.3) is 0 Å². The molecule has 4 rings (SSSR count). The average molecular weight is 424 g/mol. The summed E-state index contributed by atoms with van der Waals surface area (Å²) in [6.45, 7) is 2.04.